The highest BCUT2D eigenvalue weighted by Gasteiger charge is 2.18. The van der Waals surface area contributed by atoms with E-state index >= 15 is 0 Å². The van der Waals surface area contributed by atoms with E-state index < -0.39 is 0 Å². The SMILES string of the molecule is Oc1cc(Oc2nc(Oc3ccc(-n4nc5ccccc5n4)c(O)c3)nc(Oc3ccc(-n4nc5ccccc5n4)c(O)c3)n2)ccc1-n1nc2ccccc2n1. The van der Waals surface area contributed by atoms with Crippen LogP contribution in [0.5, 0.6) is 52.5 Å². The summed E-state index contributed by atoms with van der Waals surface area (Å²) in [6.07, 6.45) is 0. The van der Waals surface area contributed by atoms with E-state index in [1.807, 2.05) is 72.8 Å². The molecule has 6 aromatic carbocycles. The van der Waals surface area contributed by atoms with Gasteiger partial charge in [0.25, 0.3) is 0 Å². The van der Waals surface area contributed by atoms with Crippen LogP contribution in [0, 0.1) is 0 Å². The number of rotatable bonds is 9. The van der Waals surface area contributed by atoms with Crippen LogP contribution in [0.4, 0.5) is 0 Å². The molecule has 0 saturated heterocycles. The number of hydrogen-bond acceptors (Lipinski definition) is 15. The molecule has 18 nitrogen and oxygen atoms in total. The predicted octanol–water partition coefficient (Wildman–Crippen LogP) is 6.57. The molecule has 0 spiro atoms. The van der Waals surface area contributed by atoms with Crippen molar-refractivity contribution in [1.29, 1.82) is 0 Å². The van der Waals surface area contributed by atoms with Crippen molar-refractivity contribution in [1.82, 2.24) is 59.9 Å². The molecule has 0 radical (unpaired) electrons. The quantitative estimate of drug-likeness (QED) is 0.142. The van der Waals surface area contributed by atoms with E-state index in [1.54, 1.807) is 36.4 Å². The van der Waals surface area contributed by atoms with E-state index in [0.29, 0.717) is 50.2 Å². The third-order valence-corrected chi connectivity index (χ3v) is 8.55. The van der Waals surface area contributed by atoms with E-state index in [1.165, 1.54) is 32.6 Å². The molecule has 0 atom stereocenters. The lowest BCUT2D eigenvalue weighted by atomic mass is 10.3. The van der Waals surface area contributed by atoms with Crippen molar-refractivity contribution in [2.24, 2.45) is 0 Å². The molecular weight excluding hydrogens is 733 g/mol. The van der Waals surface area contributed by atoms with Gasteiger partial charge in [0.2, 0.25) is 0 Å². The Morgan fingerprint density at radius 2 is 0.579 bits per heavy atom. The van der Waals surface area contributed by atoms with Crippen LogP contribution in [0.3, 0.4) is 0 Å². The molecule has 3 N–H and O–H groups in total. The number of phenols is 3. The second-order valence-corrected chi connectivity index (χ2v) is 12.4. The highest BCUT2D eigenvalue weighted by atomic mass is 16.5. The first-order chi connectivity index (χ1) is 27.9. The van der Waals surface area contributed by atoms with Crippen LogP contribution in [-0.2, 0) is 0 Å². The predicted molar refractivity (Wildman–Crippen MR) is 202 cm³/mol. The van der Waals surface area contributed by atoms with Gasteiger partial charge in [-0.1, -0.05) is 36.4 Å². The molecule has 4 aromatic heterocycles. The molecule has 4 heterocycles. The van der Waals surface area contributed by atoms with Crippen molar-refractivity contribution in [3.63, 3.8) is 0 Å². The molecule has 276 valence electrons. The monoisotopic (exact) mass is 756 g/mol. The van der Waals surface area contributed by atoms with Crippen LogP contribution in [0.1, 0.15) is 0 Å². The van der Waals surface area contributed by atoms with Gasteiger partial charge in [0.15, 0.2) is 0 Å². The number of phenolic OH excluding ortho intramolecular Hbond substituents is 3. The minimum atomic E-state index is -0.272. The normalized spacial score (nSPS) is 11.4. The van der Waals surface area contributed by atoms with Gasteiger partial charge in [0.05, 0.1) is 0 Å². The highest BCUT2D eigenvalue weighted by Crippen LogP contribution is 2.34. The second-order valence-electron chi connectivity index (χ2n) is 12.4. The number of nitrogens with zero attached hydrogens (tertiary/aromatic N) is 12. The molecule has 0 bridgehead atoms. The van der Waals surface area contributed by atoms with Crippen LogP contribution in [0.25, 0.3) is 50.2 Å². The van der Waals surface area contributed by atoms with Gasteiger partial charge in [-0.2, -0.15) is 0 Å². The number of aromatic nitrogens is 12. The molecule has 10 aromatic rings. The van der Waals surface area contributed by atoms with Crippen molar-refractivity contribution in [2.45, 2.75) is 0 Å². The van der Waals surface area contributed by atoms with Gasteiger partial charge in [0, 0.05) is 18.2 Å². The molecule has 0 unspecified atom stereocenters. The lowest BCUT2D eigenvalue weighted by Gasteiger charge is -2.11. The summed E-state index contributed by atoms with van der Waals surface area (Å²) < 4.78 is 17.9. The van der Waals surface area contributed by atoms with E-state index in [0.717, 1.165) is 0 Å². The zero-order valence-corrected chi connectivity index (χ0v) is 29.1. The van der Waals surface area contributed by atoms with Gasteiger partial charge < -0.3 is 29.5 Å². The Labute approximate surface area is 319 Å². The summed E-state index contributed by atoms with van der Waals surface area (Å²) in [6, 6.07) is 34.6. The highest BCUT2D eigenvalue weighted by molar-refractivity contribution is 5.75. The molecule has 57 heavy (non-hydrogen) atoms. The van der Waals surface area contributed by atoms with Crippen LogP contribution in [0.15, 0.2) is 127 Å². The average molecular weight is 757 g/mol. The maximum Gasteiger partial charge on any atom is 0.331 e. The molecular formula is C39H24N12O6. The fraction of sp³-hybridized carbons (Fsp3) is 0. The smallest absolute Gasteiger partial charge is 0.331 e. The summed E-state index contributed by atoms with van der Waals surface area (Å²) >= 11 is 0. The Morgan fingerprint density at radius 3 is 0.807 bits per heavy atom. The van der Waals surface area contributed by atoms with Crippen molar-refractivity contribution in [3.05, 3.63) is 127 Å². The van der Waals surface area contributed by atoms with Crippen molar-refractivity contribution >= 4 is 33.1 Å². The van der Waals surface area contributed by atoms with E-state index in [2.05, 4.69) is 45.5 Å². The second kappa shape index (κ2) is 13.3. The van der Waals surface area contributed by atoms with Crippen LogP contribution in [-0.4, -0.2) is 75.3 Å². The number of hydrogen-bond donors (Lipinski definition) is 3. The topological polar surface area (TPSA) is 219 Å². The molecule has 10 rings (SSSR count). The summed E-state index contributed by atoms with van der Waals surface area (Å²) in [5, 5.41) is 59.4. The lowest BCUT2D eigenvalue weighted by Crippen LogP contribution is -2.03. The zero-order valence-electron chi connectivity index (χ0n) is 29.1. The van der Waals surface area contributed by atoms with E-state index in [4.69, 9.17) is 14.2 Å². The Kier molecular flexibility index (Phi) is 7.70. The number of fused-ring (bicyclic) bond motifs is 3. The first kappa shape index (κ1) is 32.9. The standard InChI is InChI=1S/C39H24N12O6/c52-34-19-22(13-16-31(34)49-43-25-7-1-2-8-26(25)44-49)55-37-40-38(56-23-14-17-32(35(53)20-23)50-45-27-9-3-4-10-28(27)46-50)42-39(41-37)57-24-15-18-33(36(54)21-24)51-47-29-11-5-6-12-30(29)48-51/h1-21,52-54H. The minimum Gasteiger partial charge on any atom is -0.505 e. The maximum absolute atomic E-state index is 10.9. The third kappa shape index (κ3) is 6.39. The van der Waals surface area contributed by atoms with Gasteiger partial charge in [0.1, 0.15) is 84.7 Å². The van der Waals surface area contributed by atoms with Gasteiger partial charge >= 0.3 is 18.0 Å². The van der Waals surface area contributed by atoms with Gasteiger partial charge in [-0.05, 0) is 72.8 Å². The molecule has 0 aliphatic rings. The van der Waals surface area contributed by atoms with E-state index in [9.17, 15) is 15.3 Å². The molecule has 0 saturated carbocycles. The summed E-state index contributed by atoms with van der Waals surface area (Å²) in [7, 11) is 0. The molecule has 0 aliphatic heterocycles. The molecule has 0 fully saturated rings. The largest absolute Gasteiger partial charge is 0.505 e. The number of aromatic hydroxyl groups is 3. The fourth-order valence-corrected chi connectivity index (χ4v) is 5.88. The minimum absolute atomic E-state index is 0.151. The fourth-order valence-electron chi connectivity index (χ4n) is 5.88. The van der Waals surface area contributed by atoms with Crippen molar-refractivity contribution in [2.75, 3.05) is 0 Å². The Balaban J connectivity index is 0.957. The first-order valence-electron chi connectivity index (χ1n) is 17.1. The van der Waals surface area contributed by atoms with Crippen molar-refractivity contribution in [3.8, 4) is 69.6 Å². The summed E-state index contributed by atoms with van der Waals surface area (Å²) in [5.74, 6) is -0.0879. The van der Waals surface area contributed by atoms with Crippen LogP contribution >= 0.6 is 0 Å². The van der Waals surface area contributed by atoms with Crippen LogP contribution in [0.2, 0.25) is 0 Å². The molecule has 0 amide bonds. The van der Waals surface area contributed by atoms with Gasteiger partial charge in [-0.25, -0.2) is 0 Å². The first-order valence-corrected chi connectivity index (χ1v) is 17.1. The Hall–Kier alpha value is -8.67. The number of benzene rings is 6. The van der Waals surface area contributed by atoms with Gasteiger partial charge in [-0.3, -0.25) is 0 Å². The van der Waals surface area contributed by atoms with E-state index in [-0.39, 0.29) is 52.5 Å². The molecule has 18 heteroatoms. The lowest BCUT2D eigenvalue weighted by molar-refractivity contribution is 0.359. The maximum atomic E-state index is 10.9. The summed E-state index contributed by atoms with van der Waals surface area (Å²) in [4.78, 5) is 16.9. The Morgan fingerprint density at radius 1 is 0.333 bits per heavy atom. The number of ether oxygens (including phenoxy) is 3. The van der Waals surface area contributed by atoms with Gasteiger partial charge in [-0.15, -0.1) is 59.9 Å². The molecule has 0 aliphatic carbocycles. The summed E-state index contributed by atoms with van der Waals surface area (Å²) in [5.41, 5.74) is 4.89. The Bertz CT molecular complexity index is 2700. The third-order valence-electron chi connectivity index (χ3n) is 8.55. The zero-order chi connectivity index (χ0) is 38.5. The van der Waals surface area contributed by atoms with Crippen LogP contribution < -0.4 is 14.2 Å². The van der Waals surface area contributed by atoms with Crippen molar-refractivity contribution < 1.29 is 29.5 Å². The summed E-state index contributed by atoms with van der Waals surface area (Å²) in [6.45, 7) is 0. The average Bonchev–Trinajstić information content (AvgIpc) is 3.95.